The van der Waals surface area contributed by atoms with Gasteiger partial charge < -0.3 is 9.64 Å². The molecule has 1 atom stereocenters. The number of likely N-dealkylation sites (N-methyl/N-ethyl adjacent to an activating group) is 1. The molecule has 3 nitrogen and oxygen atoms in total. The summed E-state index contributed by atoms with van der Waals surface area (Å²) in [4.78, 5) is 13.1. The van der Waals surface area contributed by atoms with Gasteiger partial charge in [0.15, 0.2) is 0 Å². The summed E-state index contributed by atoms with van der Waals surface area (Å²) in [5.41, 5.74) is 0. The molecule has 1 aliphatic rings. The van der Waals surface area contributed by atoms with Crippen molar-refractivity contribution in [1.29, 1.82) is 0 Å². The molecule has 1 fully saturated rings. The number of ether oxygens (including phenoxy) is 1. The predicted octanol–water partition coefficient (Wildman–Crippen LogP) is 0.554. The standard InChI is InChI=1S/C8H15NO2S/c1-9(8(10)3-5-12)7-2-4-11-6-7/h7,12H,2-6H2,1H3. The maximum Gasteiger partial charge on any atom is 0.223 e. The smallest absolute Gasteiger partial charge is 0.223 e. The molecule has 1 saturated heterocycles. The lowest BCUT2D eigenvalue weighted by atomic mass is 10.2. The summed E-state index contributed by atoms with van der Waals surface area (Å²) >= 11 is 4.02. The number of thiol groups is 1. The molecule has 1 heterocycles. The van der Waals surface area contributed by atoms with E-state index < -0.39 is 0 Å². The Morgan fingerprint density at radius 2 is 2.50 bits per heavy atom. The first-order chi connectivity index (χ1) is 5.75. The normalized spacial score (nSPS) is 22.7. The molecule has 0 N–H and O–H groups in total. The van der Waals surface area contributed by atoms with E-state index in [1.165, 1.54) is 0 Å². The molecule has 0 aromatic heterocycles. The van der Waals surface area contributed by atoms with Gasteiger partial charge in [-0.05, 0) is 12.2 Å². The molecule has 0 aliphatic carbocycles. The highest BCUT2D eigenvalue weighted by molar-refractivity contribution is 7.80. The highest BCUT2D eigenvalue weighted by Gasteiger charge is 2.23. The molecule has 1 amide bonds. The Labute approximate surface area is 78.5 Å². The Morgan fingerprint density at radius 3 is 3.00 bits per heavy atom. The maximum atomic E-state index is 11.4. The van der Waals surface area contributed by atoms with Crippen LogP contribution >= 0.6 is 12.6 Å². The van der Waals surface area contributed by atoms with Crippen molar-refractivity contribution in [2.45, 2.75) is 18.9 Å². The zero-order valence-corrected chi connectivity index (χ0v) is 8.22. The lowest BCUT2D eigenvalue weighted by Gasteiger charge is -2.22. The van der Waals surface area contributed by atoms with Crippen LogP contribution in [0.5, 0.6) is 0 Å². The van der Waals surface area contributed by atoms with Crippen molar-refractivity contribution in [3.8, 4) is 0 Å². The molecule has 0 bridgehead atoms. The third-order valence-corrected chi connectivity index (χ3v) is 2.40. The van der Waals surface area contributed by atoms with Crippen LogP contribution in [0.4, 0.5) is 0 Å². The van der Waals surface area contributed by atoms with Gasteiger partial charge in [0.2, 0.25) is 5.91 Å². The lowest BCUT2D eigenvalue weighted by molar-refractivity contribution is -0.131. The summed E-state index contributed by atoms with van der Waals surface area (Å²) in [6.07, 6.45) is 1.49. The summed E-state index contributed by atoms with van der Waals surface area (Å²) in [5.74, 6) is 0.789. The van der Waals surface area contributed by atoms with E-state index in [1.54, 1.807) is 4.90 Å². The Morgan fingerprint density at radius 1 is 1.75 bits per heavy atom. The average molecular weight is 189 g/mol. The minimum Gasteiger partial charge on any atom is -0.379 e. The third kappa shape index (κ3) is 2.38. The van der Waals surface area contributed by atoms with E-state index >= 15 is 0 Å². The fourth-order valence-electron chi connectivity index (χ4n) is 1.30. The monoisotopic (exact) mass is 189 g/mol. The van der Waals surface area contributed by atoms with Crippen LogP contribution in [0.15, 0.2) is 0 Å². The summed E-state index contributed by atoms with van der Waals surface area (Å²) < 4.78 is 5.19. The van der Waals surface area contributed by atoms with Crippen LogP contribution < -0.4 is 0 Å². The second kappa shape index (κ2) is 4.72. The second-order valence-corrected chi connectivity index (χ2v) is 3.44. The number of nitrogens with zero attached hydrogens (tertiary/aromatic N) is 1. The molecular formula is C8H15NO2S. The average Bonchev–Trinajstić information content (AvgIpc) is 2.55. The molecule has 4 heteroatoms. The third-order valence-electron chi connectivity index (χ3n) is 2.17. The van der Waals surface area contributed by atoms with Gasteiger partial charge in [-0.2, -0.15) is 12.6 Å². The molecule has 0 aromatic carbocycles. The van der Waals surface area contributed by atoms with Gasteiger partial charge in [0.1, 0.15) is 0 Å². The van der Waals surface area contributed by atoms with Gasteiger partial charge in [0.05, 0.1) is 12.6 Å². The minimum absolute atomic E-state index is 0.167. The fourth-order valence-corrected chi connectivity index (χ4v) is 1.49. The van der Waals surface area contributed by atoms with Gasteiger partial charge in [-0.15, -0.1) is 0 Å². The number of carbonyl (C=O) groups excluding carboxylic acids is 1. The lowest BCUT2D eigenvalue weighted by Crippen LogP contribution is -2.37. The molecule has 0 spiro atoms. The molecule has 12 heavy (non-hydrogen) atoms. The molecule has 0 aromatic rings. The van der Waals surface area contributed by atoms with Crippen molar-refractivity contribution in [3.63, 3.8) is 0 Å². The highest BCUT2D eigenvalue weighted by Crippen LogP contribution is 2.11. The number of hydrogen-bond acceptors (Lipinski definition) is 3. The first-order valence-corrected chi connectivity index (χ1v) is 4.83. The van der Waals surface area contributed by atoms with E-state index in [4.69, 9.17) is 4.74 Å². The number of hydrogen-bond donors (Lipinski definition) is 1. The summed E-state index contributed by atoms with van der Waals surface area (Å²) in [6, 6.07) is 0.289. The van der Waals surface area contributed by atoms with Crippen molar-refractivity contribution in [2.75, 3.05) is 26.0 Å². The first kappa shape index (κ1) is 9.86. The number of carbonyl (C=O) groups is 1. The molecule has 1 unspecified atom stereocenters. The van der Waals surface area contributed by atoms with Gasteiger partial charge >= 0.3 is 0 Å². The van der Waals surface area contributed by atoms with Crippen molar-refractivity contribution in [2.24, 2.45) is 0 Å². The van der Waals surface area contributed by atoms with Crippen LogP contribution in [0.2, 0.25) is 0 Å². The predicted molar refractivity (Wildman–Crippen MR) is 50.5 cm³/mol. The second-order valence-electron chi connectivity index (χ2n) is 3.00. The van der Waals surface area contributed by atoms with Crippen LogP contribution in [-0.4, -0.2) is 42.9 Å². The molecule has 70 valence electrons. The summed E-state index contributed by atoms with van der Waals surface area (Å²) in [7, 11) is 1.84. The van der Waals surface area contributed by atoms with Crippen molar-refractivity contribution in [1.82, 2.24) is 4.90 Å². The SMILES string of the molecule is CN(C(=O)CCS)C1CCOC1. The van der Waals surface area contributed by atoms with Gasteiger partial charge in [0, 0.05) is 20.1 Å². The van der Waals surface area contributed by atoms with E-state index in [0.717, 1.165) is 13.0 Å². The minimum atomic E-state index is 0.167. The van der Waals surface area contributed by atoms with Gasteiger partial charge in [-0.25, -0.2) is 0 Å². The molecule has 0 saturated carbocycles. The highest BCUT2D eigenvalue weighted by atomic mass is 32.1. The van der Waals surface area contributed by atoms with E-state index in [9.17, 15) is 4.79 Å². The van der Waals surface area contributed by atoms with Crippen molar-refractivity contribution < 1.29 is 9.53 Å². The maximum absolute atomic E-state index is 11.4. The van der Waals surface area contributed by atoms with Crippen LogP contribution in [-0.2, 0) is 9.53 Å². The zero-order valence-electron chi connectivity index (χ0n) is 7.32. The Balaban J connectivity index is 2.34. The molecular weight excluding hydrogens is 174 g/mol. The molecule has 0 radical (unpaired) electrons. The Bertz CT molecular complexity index is 157. The number of amides is 1. The Kier molecular flexibility index (Phi) is 3.88. The largest absolute Gasteiger partial charge is 0.379 e. The Hall–Kier alpha value is -0.220. The summed E-state index contributed by atoms with van der Waals surface area (Å²) in [5, 5.41) is 0. The van der Waals surface area contributed by atoms with Gasteiger partial charge in [-0.3, -0.25) is 4.79 Å². The molecule has 1 aliphatic heterocycles. The topological polar surface area (TPSA) is 29.5 Å². The summed E-state index contributed by atoms with van der Waals surface area (Å²) in [6.45, 7) is 1.47. The van der Waals surface area contributed by atoms with Gasteiger partial charge in [0.25, 0.3) is 0 Å². The van der Waals surface area contributed by atoms with Crippen LogP contribution in [0.3, 0.4) is 0 Å². The van der Waals surface area contributed by atoms with E-state index in [-0.39, 0.29) is 11.9 Å². The quantitative estimate of drug-likeness (QED) is 0.657. The van der Waals surface area contributed by atoms with Crippen molar-refractivity contribution >= 4 is 18.5 Å². The fraction of sp³-hybridized carbons (Fsp3) is 0.875. The number of rotatable bonds is 3. The van der Waals surface area contributed by atoms with Gasteiger partial charge in [-0.1, -0.05) is 0 Å². The molecule has 1 rings (SSSR count). The van der Waals surface area contributed by atoms with Crippen molar-refractivity contribution in [3.05, 3.63) is 0 Å². The zero-order chi connectivity index (χ0) is 8.97. The van der Waals surface area contributed by atoms with E-state index in [2.05, 4.69) is 12.6 Å². The van der Waals surface area contributed by atoms with E-state index in [1.807, 2.05) is 7.05 Å². The first-order valence-electron chi connectivity index (χ1n) is 4.20. The van der Waals surface area contributed by atoms with Crippen LogP contribution in [0.1, 0.15) is 12.8 Å². The van der Waals surface area contributed by atoms with Crippen LogP contribution in [0, 0.1) is 0 Å². The van der Waals surface area contributed by atoms with Crippen LogP contribution in [0.25, 0.3) is 0 Å². The van der Waals surface area contributed by atoms with E-state index in [0.29, 0.717) is 18.8 Å².